The van der Waals surface area contributed by atoms with Gasteiger partial charge in [0.15, 0.2) is 5.82 Å². The third-order valence-electron chi connectivity index (χ3n) is 4.75. The van der Waals surface area contributed by atoms with Crippen molar-refractivity contribution in [2.45, 2.75) is 26.3 Å². The van der Waals surface area contributed by atoms with Crippen molar-refractivity contribution in [3.05, 3.63) is 60.6 Å². The largest absolute Gasteiger partial charge is 0.467 e. The Hall–Kier alpha value is -2.82. The highest BCUT2D eigenvalue weighted by Gasteiger charge is 2.19. The molecule has 2 aromatic heterocycles. The standard InChI is InChI=1S/C21H24N4O/c1-16-7-5-11-25(15-16)20-13-19(22-14-18-10-6-12-26-18)23-21(24-20)17-8-3-2-4-9-17/h2-4,6,8-10,12-13,16H,5,7,11,14-15H2,1H3,(H,22,23,24). The summed E-state index contributed by atoms with van der Waals surface area (Å²) in [7, 11) is 0. The number of nitrogens with zero attached hydrogens (tertiary/aromatic N) is 3. The number of aromatic nitrogens is 2. The van der Waals surface area contributed by atoms with Crippen molar-refractivity contribution in [3.8, 4) is 11.4 Å². The fourth-order valence-corrected chi connectivity index (χ4v) is 3.39. The minimum Gasteiger partial charge on any atom is -0.467 e. The summed E-state index contributed by atoms with van der Waals surface area (Å²) in [5.74, 6) is 4.15. The quantitative estimate of drug-likeness (QED) is 0.731. The Morgan fingerprint density at radius 1 is 1.15 bits per heavy atom. The Kier molecular flexibility index (Phi) is 4.86. The molecule has 0 spiro atoms. The summed E-state index contributed by atoms with van der Waals surface area (Å²) in [6.45, 7) is 5.01. The molecule has 0 aliphatic carbocycles. The Morgan fingerprint density at radius 2 is 2.04 bits per heavy atom. The molecule has 5 heteroatoms. The molecule has 1 saturated heterocycles. The van der Waals surface area contributed by atoms with Crippen LogP contribution < -0.4 is 10.2 Å². The average Bonchev–Trinajstić information content (AvgIpc) is 3.20. The van der Waals surface area contributed by atoms with E-state index in [2.05, 4.69) is 17.1 Å². The van der Waals surface area contributed by atoms with Crippen molar-refractivity contribution in [3.63, 3.8) is 0 Å². The molecule has 1 aliphatic rings. The Labute approximate surface area is 154 Å². The molecule has 1 atom stereocenters. The van der Waals surface area contributed by atoms with Gasteiger partial charge in [-0.05, 0) is 30.9 Å². The lowest BCUT2D eigenvalue weighted by Crippen LogP contribution is -2.35. The number of nitrogens with one attached hydrogen (secondary N) is 1. The Bertz CT molecular complexity index is 832. The third-order valence-corrected chi connectivity index (χ3v) is 4.75. The van der Waals surface area contributed by atoms with Gasteiger partial charge in [-0.3, -0.25) is 0 Å². The van der Waals surface area contributed by atoms with Gasteiger partial charge in [-0.1, -0.05) is 37.3 Å². The van der Waals surface area contributed by atoms with Crippen molar-refractivity contribution >= 4 is 11.6 Å². The third kappa shape index (κ3) is 3.87. The number of hydrogen-bond donors (Lipinski definition) is 1. The van der Waals surface area contributed by atoms with Gasteiger partial charge in [-0.25, -0.2) is 9.97 Å². The van der Waals surface area contributed by atoms with Crippen LogP contribution in [0.3, 0.4) is 0 Å². The number of anilines is 2. The maximum absolute atomic E-state index is 5.41. The zero-order chi connectivity index (χ0) is 17.8. The van der Waals surface area contributed by atoms with E-state index in [0.717, 1.165) is 41.9 Å². The lowest BCUT2D eigenvalue weighted by Gasteiger charge is -2.32. The zero-order valence-electron chi connectivity index (χ0n) is 15.1. The minimum absolute atomic E-state index is 0.605. The maximum atomic E-state index is 5.41. The minimum atomic E-state index is 0.605. The monoisotopic (exact) mass is 348 g/mol. The highest BCUT2D eigenvalue weighted by Crippen LogP contribution is 2.26. The van der Waals surface area contributed by atoms with E-state index in [9.17, 15) is 0 Å². The van der Waals surface area contributed by atoms with E-state index in [1.165, 1.54) is 12.8 Å². The molecule has 0 bridgehead atoms. The predicted octanol–water partition coefficient (Wildman–Crippen LogP) is 4.59. The van der Waals surface area contributed by atoms with Crippen LogP contribution >= 0.6 is 0 Å². The van der Waals surface area contributed by atoms with Gasteiger partial charge in [0.25, 0.3) is 0 Å². The highest BCUT2D eigenvalue weighted by atomic mass is 16.3. The van der Waals surface area contributed by atoms with Crippen LogP contribution in [0.1, 0.15) is 25.5 Å². The Morgan fingerprint density at radius 3 is 2.81 bits per heavy atom. The molecule has 26 heavy (non-hydrogen) atoms. The van der Waals surface area contributed by atoms with Gasteiger partial charge in [-0.15, -0.1) is 0 Å². The molecule has 1 aromatic carbocycles. The summed E-state index contributed by atoms with van der Waals surface area (Å²) in [5.41, 5.74) is 1.03. The van der Waals surface area contributed by atoms with Crippen LogP contribution in [0.25, 0.3) is 11.4 Å². The second-order valence-corrected chi connectivity index (χ2v) is 6.93. The normalized spacial score (nSPS) is 17.3. The van der Waals surface area contributed by atoms with E-state index < -0.39 is 0 Å². The maximum Gasteiger partial charge on any atom is 0.163 e. The topological polar surface area (TPSA) is 54.2 Å². The molecule has 1 aliphatic heterocycles. The van der Waals surface area contributed by atoms with Crippen LogP contribution in [0.15, 0.2) is 59.2 Å². The molecule has 0 saturated carbocycles. The molecular weight excluding hydrogens is 324 g/mol. The lowest BCUT2D eigenvalue weighted by molar-refractivity contribution is 0.444. The van der Waals surface area contributed by atoms with Crippen LogP contribution in [0.2, 0.25) is 0 Å². The van der Waals surface area contributed by atoms with E-state index >= 15 is 0 Å². The van der Waals surface area contributed by atoms with E-state index in [-0.39, 0.29) is 0 Å². The molecule has 5 nitrogen and oxygen atoms in total. The molecule has 134 valence electrons. The first-order chi connectivity index (χ1) is 12.8. The van der Waals surface area contributed by atoms with Gasteiger partial charge in [0.2, 0.25) is 0 Å². The van der Waals surface area contributed by atoms with Gasteiger partial charge in [0.05, 0.1) is 12.8 Å². The average molecular weight is 348 g/mol. The smallest absolute Gasteiger partial charge is 0.163 e. The van der Waals surface area contributed by atoms with E-state index in [1.807, 2.05) is 48.5 Å². The molecule has 3 heterocycles. The van der Waals surface area contributed by atoms with Crippen LogP contribution in [0.4, 0.5) is 11.6 Å². The lowest BCUT2D eigenvalue weighted by atomic mass is 10.0. The molecular formula is C21H24N4O. The van der Waals surface area contributed by atoms with Crippen LogP contribution in [0.5, 0.6) is 0 Å². The summed E-state index contributed by atoms with van der Waals surface area (Å²) in [6.07, 6.45) is 4.19. The fraction of sp³-hybridized carbons (Fsp3) is 0.333. The molecule has 0 radical (unpaired) electrons. The van der Waals surface area contributed by atoms with Gasteiger partial charge >= 0.3 is 0 Å². The van der Waals surface area contributed by atoms with Crippen molar-refractivity contribution in [2.75, 3.05) is 23.3 Å². The molecule has 4 rings (SSSR count). The summed E-state index contributed by atoms with van der Waals surface area (Å²) >= 11 is 0. The molecule has 3 aromatic rings. The summed E-state index contributed by atoms with van der Waals surface area (Å²) in [4.78, 5) is 12.0. The summed E-state index contributed by atoms with van der Waals surface area (Å²) < 4.78 is 5.41. The number of furan rings is 1. The number of rotatable bonds is 5. The Balaban J connectivity index is 1.64. The van der Waals surface area contributed by atoms with Gasteiger partial charge in [0, 0.05) is 24.7 Å². The highest BCUT2D eigenvalue weighted by molar-refractivity contribution is 5.61. The number of piperidine rings is 1. The zero-order valence-corrected chi connectivity index (χ0v) is 15.1. The molecule has 1 unspecified atom stereocenters. The molecule has 1 fully saturated rings. The summed E-state index contributed by atoms with van der Waals surface area (Å²) in [5, 5.41) is 3.38. The van der Waals surface area contributed by atoms with Crippen LogP contribution in [-0.4, -0.2) is 23.1 Å². The first-order valence-corrected chi connectivity index (χ1v) is 9.23. The van der Waals surface area contributed by atoms with Crippen molar-refractivity contribution in [1.29, 1.82) is 0 Å². The predicted molar refractivity (Wildman–Crippen MR) is 104 cm³/mol. The fourth-order valence-electron chi connectivity index (χ4n) is 3.39. The molecule has 1 N–H and O–H groups in total. The van der Waals surface area contributed by atoms with Crippen LogP contribution in [-0.2, 0) is 6.54 Å². The van der Waals surface area contributed by atoms with Crippen molar-refractivity contribution < 1.29 is 4.42 Å². The van der Waals surface area contributed by atoms with E-state index in [0.29, 0.717) is 12.5 Å². The SMILES string of the molecule is CC1CCCN(c2cc(NCc3ccco3)nc(-c3ccccc3)n2)C1. The van der Waals surface area contributed by atoms with E-state index in [1.54, 1.807) is 6.26 Å². The number of hydrogen-bond acceptors (Lipinski definition) is 5. The van der Waals surface area contributed by atoms with Gasteiger partial charge in [0.1, 0.15) is 17.4 Å². The second kappa shape index (κ2) is 7.60. The first-order valence-electron chi connectivity index (χ1n) is 9.23. The molecule has 0 amide bonds. The summed E-state index contributed by atoms with van der Waals surface area (Å²) in [6, 6.07) is 16.0. The second-order valence-electron chi connectivity index (χ2n) is 6.93. The first kappa shape index (κ1) is 16.6. The van der Waals surface area contributed by atoms with Gasteiger partial charge in [-0.2, -0.15) is 0 Å². The number of benzene rings is 1. The van der Waals surface area contributed by atoms with Crippen LogP contribution in [0, 0.1) is 5.92 Å². The van der Waals surface area contributed by atoms with Crippen molar-refractivity contribution in [2.24, 2.45) is 5.92 Å². The van der Waals surface area contributed by atoms with Gasteiger partial charge < -0.3 is 14.6 Å². The van der Waals surface area contributed by atoms with Crippen molar-refractivity contribution in [1.82, 2.24) is 9.97 Å². The van der Waals surface area contributed by atoms with E-state index in [4.69, 9.17) is 14.4 Å².